The number of aromatic amines is 1. The van der Waals surface area contributed by atoms with E-state index in [4.69, 9.17) is 5.11 Å². The van der Waals surface area contributed by atoms with Crippen molar-refractivity contribution in [2.75, 3.05) is 0 Å². The molecule has 2 N–H and O–H groups in total. The van der Waals surface area contributed by atoms with Gasteiger partial charge >= 0.3 is 5.97 Å². The van der Waals surface area contributed by atoms with Gasteiger partial charge in [0, 0.05) is 11.3 Å². The lowest BCUT2D eigenvalue weighted by Gasteiger charge is -2.03. The van der Waals surface area contributed by atoms with Crippen LogP contribution in [0.2, 0.25) is 0 Å². The minimum absolute atomic E-state index is 0.0592. The van der Waals surface area contributed by atoms with Crippen molar-refractivity contribution in [3.63, 3.8) is 0 Å². The van der Waals surface area contributed by atoms with Crippen LogP contribution in [-0.2, 0) is 11.2 Å². The fraction of sp³-hybridized carbons (Fsp3) is 0.231. The van der Waals surface area contributed by atoms with Crippen LogP contribution in [0.1, 0.15) is 17.0 Å². The molecule has 2 rings (SSSR count). The second kappa shape index (κ2) is 4.41. The molecule has 88 valence electrons. The summed E-state index contributed by atoms with van der Waals surface area (Å²) in [6.07, 6.45) is 0.0592. The summed E-state index contributed by atoms with van der Waals surface area (Å²) in [5.41, 5.74) is 4.93. The molecule has 2 aromatic rings. The smallest absolute Gasteiger partial charge is 0.307 e. The molecular formula is C13H14N2O2. The molecule has 1 heterocycles. The monoisotopic (exact) mass is 230 g/mol. The Bertz CT molecular complexity index is 522. The molecule has 0 amide bonds. The number of H-pyrrole nitrogens is 1. The van der Waals surface area contributed by atoms with Crippen LogP contribution in [0, 0.1) is 13.8 Å². The highest BCUT2D eigenvalue weighted by atomic mass is 16.4. The number of rotatable bonds is 3. The summed E-state index contributed by atoms with van der Waals surface area (Å²) < 4.78 is 0. The molecule has 0 saturated carbocycles. The third-order valence-electron chi connectivity index (χ3n) is 2.73. The van der Waals surface area contributed by atoms with E-state index in [1.807, 2.05) is 38.1 Å². The van der Waals surface area contributed by atoms with Crippen molar-refractivity contribution in [1.82, 2.24) is 10.2 Å². The fourth-order valence-corrected chi connectivity index (χ4v) is 1.94. The highest BCUT2D eigenvalue weighted by molar-refractivity contribution is 5.72. The van der Waals surface area contributed by atoms with Gasteiger partial charge in [0.2, 0.25) is 0 Å². The van der Waals surface area contributed by atoms with E-state index in [1.54, 1.807) is 0 Å². The van der Waals surface area contributed by atoms with Gasteiger partial charge in [0.05, 0.1) is 12.1 Å². The fourth-order valence-electron chi connectivity index (χ4n) is 1.94. The predicted molar refractivity (Wildman–Crippen MR) is 64.8 cm³/mol. The Morgan fingerprint density at radius 3 is 2.41 bits per heavy atom. The van der Waals surface area contributed by atoms with Gasteiger partial charge in [-0.15, -0.1) is 0 Å². The predicted octanol–water partition coefficient (Wildman–Crippen LogP) is 2.32. The lowest BCUT2D eigenvalue weighted by Crippen LogP contribution is -1.99. The second-order valence-corrected chi connectivity index (χ2v) is 4.08. The van der Waals surface area contributed by atoms with E-state index in [2.05, 4.69) is 10.2 Å². The van der Waals surface area contributed by atoms with Gasteiger partial charge in [-0.2, -0.15) is 5.10 Å². The molecule has 0 aliphatic heterocycles. The first-order chi connectivity index (χ1) is 8.08. The van der Waals surface area contributed by atoms with Crippen molar-refractivity contribution in [2.24, 2.45) is 0 Å². The first kappa shape index (κ1) is 11.4. The van der Waals surface area contributed by atoms with Crippen LogP contribution in [0.25, 0.3) is 11.1 Å². The number of hydrogen-bond donors (Lipinski definition) is 2. The summed E-state index contributed by atoms with van der Waals surface area (Å²) in [5, 5.41) is 15.8. The summed E-state index contributed by atoms with van der Waals surface area (Å²) >= 11 is 0. The Labute approximate surface area is 99.3 Å². The SMILES string of the molecule is Cc1n[nH]c(C)c1-c1ccc(CC(=O)O)cc1. The molecule has 0 atom stereocenters. The summed E-state index contributed by atoms with van der Waals surface area (Å²) in [7, 11) is 0. The van der Waals surface area contributed by atoms with Crippen LogP contribution in [0.5, 0.6) is 0 Å². The van der Waals surface area contributed by atoms with Gasteiger partial charge in [-0.1, -0.05) is 24.3 Å². The molecular weight excluding hydrogens is 216 g/mol. The number of aliphatic carboxylic acids is 1. The van der Waals surface area contributed by atoms with E-state index >= 15 is 0 Å². The van der Waals surface area contributed by atoms with Gasteiger partial charge in [0.25, 0.3) is 0 Å². The van der Waals surface area contributed by atoms with Crippen LogP contribution in [0.3, 0.4) is 0 Å². The number of aryl methyl sites for hydroxylation is 2. The largest absolute Gasteiger partial charge is 0.481 e. The van der Waals surface area contributed by atoms with Gasteiger partial charge in [-0.25, -0.2) is 0 Å². The highest BCUT2D eigenvalue weighted by Gasteiger charge is 2.09. The second-order valence-electron chi connectivity index (χ2n) is 4.08. The lowest BCUT2D eigenvalue weighted by atomic mass is 10.0. The third-order valence-corrected chi connectivity index (χ3v) is 2.73. The minimum Gasteiger partial charge on any atom is -0.481 e. The average molecular weight is 230 g/mol. The maximum atomic E-state index is 10.6. The molecule has 0 spiro atoms. The maximum Gasteiger partial charge on any atom is 0.307 e. The maximum absolute atomic E-state index is 10.6. The van der Waals surface area contributed by atoms with Gasteiger partial charge in [0.1, 0.15) is 0 Å². The average Bonchev–Trinajstić information content (AvgIpc) is 2.59. The molecule has 17 heavy (non-hydrogen) atoms. The van der Waals surface area contributed by atoms with Crippen LogP contribution in [0.15, 0.2) is 24.3 Å². The third kappa shape index (κ3) is 2.36. The van der Waals surface area contributed by atoms with E-state index in [0.717, 1.165) is 28.1 Å². The van der Waals surface area contributed by atoms with Gasteiger partial charge in [0.15, 0.2) is 0 Å². The number of aromatic nitrogens is 2. The van der Waals surface area contributed by atoms with Crippen LogP contribution >= 0.6 is 0 Å². The molecule has 0 bridgehead atoms. The van der Waals surface area contributed by atoms with E-state index in [0.29, 0.717) is 0 Å². The highest BCUT2D eigenvalue weighted by Crippen LogP contribution is 2.25. The summed E-state index contributed by atoms with van der Waals surface area (Å²) in [6.45, 7) is 3.92. The zero-order valence-corrected chi connectivity index (χ0v) is 9.82. The molecule has 0 radical (unpaired) electrons. The van der Waals surface area contributed by atoms with Gasteiger partial charge in [-0.3, -0.25) is 9.89 Å². The zero-order chi connectivity index (χ0) is 12.4. The molecule has 1 aromatic carbocycles. The Kier molecular flexibility index (Phi) is 2.95. The summed E-state index contributed by atoms with van der Waals surface area (Å²) in [6, 6.07) is 7.55. The van der Waals surface area contributed by atoms with E-state index in [9.17, 15) is 4.79 Å². The van der Waals surface area contributed by atoms with Crippen molar-refractivity contribution < 1.29 is 9.90 Å². The molecule has 0 aliphatic rings. The van der Waals surface area contributed by atoms with Crippen molar-refractivity contribution in [1.29, 1.82) is 0 Å². The number of carboxylic acids is 1. The molecule has 0 fully saturated rings. The van der Waals surface area contributed by atoms with Crippen LogP contribution in [0.4, 0.5) is 0 Å². The van der Waals surface area contributed by atoms with Crippen molar-refractivity contribution in [3.05, 3.63) is 41.2 Å². The van der Waals surface area contributed by atoms with Crippen LogP contribution < -0.4 is 0 Å². The van der Waals surface area contributed by atoms with E-state index in [1.165, 1.54) is 0 Å². The number of nitrogens with one attached hydrogen (secondary N) is 1. The Morgan fingerprint density at radius 1 is 1.29 bits per heavy atom. The standard InChI is InChI=1S/C13H14N2O2/c1-8-13(9(2)15-14-8)11-5-3-10(4-6-11)7-12(16)17/h3-6H,7H2,1-2H3,(H,14,15)(H,16,17). The number of benzene rings is 1. The minimum atomic E-state index is -0.812. The number of carbonyl (C=O) groups is 1. The van der Waals surface area contributed by atoms with Crippen molar-refractivity contribution in [2.45, 2.75) is 20.3 Å². The molecule has 4 heteroatoms. The van der Waals surface area contributed by atoms with E-state index in [-0.39, 0.29) is 6.42 Å². The Morgan fingerprint density at radius 2 is 1.94 bits per heavy atom. The first-order valence-electron chi connectivity index (χ1n) is 5.40. The molecule has 4 nitrogen and oxygen atoms in total. The zero-order valence-electron chi connectivity index (χ0n) is 9.82. The summed E-state index contributed by atoms with van der Waals surface area (Å²) in [5.74, 6) is -0.812. The number of nitrogens with zero attached hydrogens (tertiary/aromatic N) is 1. The Balaban J connectivity index is 2.33. The quantitative estimate of drug-likeness (QED) is 0.850. The van der Waals surface area contributed by atoms with E-state index < -0.39 is 5.97 Å². The van der Waals surface area contributed by atoms with Crippen molar-refractivity contribution in [3.8, 4) is 11.1 Å². The number of carboxylic acid groups (broad SMARTS) is 1. The van der Waals surface area contributed by atoms with Crippen molar-refractivity contribution >= 4 is 5.97 Å². The van der Waals surface area contributed by atoms with Gasteiger partial charge in [-0.05, 0) is 25.0 Å². The van der Waals surface area contributed by atoms with Gasteiger partial charge < -0.3 is 5.11 Å². The normalized spacial score (nSPS) is 10.5. The topological polar surface area (TPSA) is 66.0 Å². The summed E-state index contributed by atoms with van der Waals surface area (Å²) in [4.78, 5) is 10.6. The van der Waals surface area contributed by atoms with Crippen LogP contribution in [-0.4, -0.2) is 21.3 Å². The Hall–Kier alpha value is -2.10. The molecule has 1 aromatic heterocycles. The molecule has 0 saturated heterocycles. The molecule has 0 aliphatic carbocycles. The molecule has 0 unspecified atom stereocenters. The first-order valence-corrected chi connectivity index (χ1v) is 5.40. The number of hydrogen-bond acceptors (Lipinski definition) is 2. The lowest BCUT2D eigenvalue weighted by molar-refractivity contribution is -0.136.